The van der Waals surface area contributed by atoms with Gasteiger partial charge in [0.1, 0.15) is 0 Å². The van der Waals surface area contributed by atoms with E-state index >= 15 is 0 Å². The Bertz CT molecular complexity index is 1110. The molecule has 0 spiro atoms. The van der Waals surface area contributed by atoms with Gasteiger partial charge < -0.3 is 0 Å². The summed E-state index contributed by atoms with van der Waals surface area (Å²) in [6.45, 7) is 0. The summed E-state index contributed by atoms with van der Waals surface area (Å²) < 4.78 is 52.3. The molecule has 0 unspecified atom stereocenters. The highest BCUT2D eigenvalue weighted by Gasteiger charge is 2.39. The van der Waals surface area contributed by atoms with Gasteiger partial charge in [0.2, 0.25) is 19.7 Å². The number of hydrogen-bond donors (Lipinski definition) is 0. The molecule has 0 aliphatic heterocycles. The first kappa shape index (κ1) is 20.7. The summed E-state index contributed by atoms with van der Waals surface area (Å²) in [5.74, 6) is -0.447. The van der Waals surface area contributed by atoms with Crippen molar-refractivity contribution in [3.05, 3.63) is 80.5 Å². The second kappa shape index (κ2) is 7.58. The van der Waals surface area contributed by atoms with Crippen LogP contribution in [0.3, 0.4) is 0 Å². The van der Waals surface area contributed by atoms with E-state index in [1.165, 1.54) is 24.3 Å². The summed E-state index contributed by atoms with van der Waals surface area (Å²) in [4.78, 5) is 1.15. The number of allylic oxidation sites excluding steroid dienone is 4. The molecule has 0 heterocycles. The van der Waals surface area contributed by atoms with Crippen molar-refractivity contribution >= 4 is 42.9 Å². The van der Waals surface area contributed by atoms with Crippen LogP contribution in [0.2, 0.25) is 10.0 Å². The van der Waals surface area contributed by atoms with E-state index in [9.17, 15) is 16.8 Å². The van der Waals surface area contributed by atoms with Gasteiger partial charge in [-0.15, -0.1) is 0 Å². The van der Waals surface area contributed by atoms with Crippen molar-refractivity contribution in [3.63, 3.8) is 0 Å². The summed E-state index contributed by atoms with van der Waals surface area (Å²) in [5, 5.41) is 0.943. The van der Waals surface area contributed by atoms with Gasteiger partial charge in [-0.25, -0.2) is 16.8 Å². The minimum Gasteiger partial charge on any atom is -0.219 e. The summed E-state index contributed by atoms with van der Waals surface area (Å²) in [6.07, 6.45) is 4.62. The second-order valence-corrected chi connectivity index (χ2v) is 12.0. The van der Waals surface area contributed by atoms with Crippen LogP contribution in [0.5, 0.6) is 0 Å². The Morgan fingerprint density at radius 1 is 0.621 bits per heavy atom. The number of benzene rings is 2. The fourth-order valence-corrected chi connectivity index (χ4v) is 7.69. The minimum atomic E-state index is -3.63. The van der Waals surface area contributed by atoms with Crippen LogP contribution in [-0.4, -0.2) is 16.8 Å². The first-order chi connectivity index (χ1) is 13.7. The fourth-order valence-electron chi connectivity index (χ4n) is 4.01. The molecule has 8 heteroatoms. The lowest BCUT2D eigenvalue weighted by Crippen LogP contribution is -2.28. The highest BCUT2D eigenvalue weighted by atomic mass is 35.5. The Morgan fingerprint density at radius 3 is 1.31 bits per heavy atom. The van der Waals surface area contributed by atoms with Gasteiger partial charge >= 0.3 is 0 Å². The third kappa shape index (κ3) is 3.79. The van der Waals surface area contributed by atoms with Gasteiger partial charge in [0.15, 0.2) is 0 Å². The molecule has 29 heavy (non-hydrogen) atoms. The standard InChI is InChI=1S/C21H18Cl2O4S2/c22-16-3-7-18(8-4-16)28(24,25)20-11-1-14-13-15(20)2-12-21(14)29(26,27)19-9-5-17(23)6-10-19/h3-12,14-15H,1-2,13H2/t14-,15-/m0/s1. The molecule has 2 atom stereocenters. The molecular weight excluding hydrogens is 451 g/mol. The molecule has 2 aromatic rings. The summed E-state index contributed by atoms with van der Waals surface area (Å²) >= 11 is 11.7. The van der Waals surface area contributed by atoms with Crippen LogP contribution in [0, 0.1) is 11.8 Å². The first-order valence-electron chi connectivity index (χ1n) is 9.11. The lowest BCUT2D eigenvalue weighted by Gasteiger charge is -2.34. The Labute approximate surface area is 180 Å². The maximum atomic E-state index is 13.1. The SMILES string of the molecule is O=S(=O)(C1=CC[C@H]2C[C@@H]1CC=C2S(=O)(=O)c1ccc(Cl)cc1)c1ccc(Cl)cc1. The van der Waals surface area contributed by atoms with Crippen molar-refractivity contribution in [3.8, 4) is 0 Å². The second-order valence-electron chi connectivity index (χ2n) is 7.23. The van der Waals surface area contributed by atoms with Gasteiger partial charge in [-0.3, -0.25) is 0 Å². The summed E-state index contributed by atoms with van der Waals surface area (Å²) in [7, 11) is -7.26. The van der Waals surface area contributed by atoms with E-state index in [1.54, 1.807) is 36.4 Å². The zero-order chi connectivity index (χ0) is 20.8. The smallest absolute Gasteiger partial charge is 0.202 e. The van der Waals surface area contributed by atoms with Gasteiger partial charge in [-0.1, -0.05) is 35.4 Å². The van der Waals surface area contributed by atoms with Gasteiger partial charge in [-0.05, 0) is 79.6 Å². The van der Waals surface area contributed by atoms with Gasteiger partial charge in [-0.2, -0.15) is 0 Å². The van der Waals surface area contributed by atoms with Gasteiger partial charge in [0.25, 0.3) is 0 Å². The predicted octanol–water partition coefficient (Wildman–Crippen LogP) is 5.44. The third-order valence-electron chi connectivity index (χ3n) is 5.45. The van der Waals surface area contributed by atoms with E-state index in [4.69, 9.17) is 23.2 Å². The molecule has 2 aromatic carbocycles. The van der Waals surface area contributed by atoms with E-state index in [0.29, 0.717) is 39.1 Å². The normalized spacial score (nSPS) is 22.0. The maximum Gasteiger partial charge on any atom is 0.202 e. The van der Waals surface area contributed by atoms with Crippen LogP contribution in [0.1, 0.15) is 19.3 Å². The van der Waals surface area contributed by atoms with Crippen molar-refractivity contribution in [1.82, 2.24) is 0 Å². The highest BCUT2D eigenvalue weighted by molar-refractivity contribution is 7.95. The molecule has 0 radical (unpaired) electrons. The Morgan fingerprint density at radius 2 is 0.966 bits per heavy atom. The summed E-state index contributed by atoms with van der Waals surface area (Å²) in [6, 6.07) is 12.2. The lowest BCUT2D eigenvalue weighted by molar-refractivity contribution is 0.420. The largest absolute Gasteiger partial charge is 0.219 e. The average molecular weight is 469 g/mol. The molecule has 0 saturated heterocycles. The van der Waals surface area contributed by atoms with Crippen molar-refractivity contribution in [2.75, 3.05) is 0 Å². The molecule has 4 rings (SSSR count). The molecule has 0 fully saturated rings. The zero-order valence-corrected chi connectivity index (χ0v) is 18.4. The fraction of sp³-hybridized carbons (Fsp3) is 0.238. The Kier molecular flexibility index (Phi) is 5.40. The molecular formula is C21H18Cl2O4S2. The average Bonchev–Trinajstić information content (AvgIpc) is 2.68. The number of hydrogen-bond acceptors (Lipinski definition) is 4. The number of fused-ring (bicyclic) bond motifs is 2. The van der Waals surface area contributed by atoms with E-state index in [2.05, 4.69) is 0 Å². The van der Waals surface area contributed by atoms with Crippen LogP contribution < -0.4 is 0 Å². The lowest BCUT2D eigenvalue weighted by atomic mass is 9.80. The van der Waals surface area contributed by atoms with E-state index in [1.807, 2.05) is 0 Å². The molecule has 0 aromatic heterocycles. The molecule has 4 nitrogen and oxygen atoms in total. The van der Waals surface area contributed by atoms with E-state index < -0.39 is 19.7 Å². The zero-order valence-electron chi connectivity index (χ0n) is 15.3. The number of sulfone groups is 2. The Hall–Kier alpha value is -1.60. The molecule has 152 valence electrons. The van der Waals surface area contributed by atoms with E-state index in [0.717, 1.165) is 0 Å². The minimum absolute atomic E-state index is 0.204. The topological polar surface area (TPSA) is 68.3 Å². The first-order valence-corrected chi connectivity index (χ1v) is 12.8. The van der Waals surface area contributed by atoms with E-state index in [-0.39, 0.29) is 21.6 Å². The van der Waals surface area contributed by atoms with Crippen molar-refractivity contribution in [2.24, 2.45) is 11.8 Å². The molecule has 0 saturated carbocycles. The van der Waals surface area contributed by atoms with Crippen molar-refractivity contribution < 1.29 is 16.8 Å². The van der Waals surface area contributed by atoms with Crippen LogP contribution in [0.15, 0.2) is 80.3 Å². The molecule has 0 amide bonds. The van der Waals surface area contributed by atoms with Crippen LogP contribution in [-0.2, 0) is 19.7 Å². The number of rotatable bonds is 4. The van der Waals surface area contributed by atoms with Gasteiger partial charge in [0, 0.05) is 19.9 Å². The van der Waals surface area contributed by atoms with Crippen molar-refractivity contribution in [1.29, 1.82) is 0 Å². The monoisotopic (exact) mass is 468 g/mol. The molecule has 2 aliphatic carbocycles. The van der Waals surface area contributed by atoms with Crippen LogP contribution >= 0.6 is 23.2 Å². The van der Waals surface area contributed by atoms with Crippen LogP contribution in [0.4, 0.5) is 0 Å². The Balaban J connectivity index is 1.63. The van der Waals surface area contributed by atoms with Crippen molar-refractivity contribution in [2.45, 2.75) is 29.1 Å². The predicted molar refractivity (Wildman–Crippen MR) is 114 cm³/mol. The highest BCUT2D eigenvalue weighted by Crippen LogP contribution is 2.46. The number of halogens is 2. The summed E-state index contributed by atoms with van der Waals surface area (Å²) in [5.41, 5.74) is 0. The van der Waals surface area contributed by atoms with Crippen LogP contribution in [0.25, 0.3) is 0 Å². The quantitative estimate of drug-likeness (QED) is 0.598. The molecule has 0 N–H and O–H groups in total. The van der Waals surface area contributed by atoms with Gasteiger partial charge in [0.05, 0.1) is 9.79 Å². The molecule has 2 bridgehead atoms. The maximum absolute atomic E-state index is 13.1. The molecule has 2 aliphatic rings. The third-order valence-corrected chi connectivity index (χ3v) is 9.98.